The lowest BCUT2D eigenvalue weighted by Crippen LogP contribution is -3.16. The molecule has 2 N–H and O–H groups in total. The number of aryl methyl sites for hydroxylation is 1. The van der Waals surface area contributed by atoms with Gasteiger partial charge in [-0.25, -0.2) is 4.39 Å². The molecule has 2 aromatic carbocycles. The monoisotopic (exact) mass is 387 g/mol. The molecule has 0 bridgehead atoms. The number of hydrogen-bond donors (Lipinski definition) is 2. The Hall–Kier alpha value is -2.11. The summed E-state index contributed by atoms with van der Waals surface area (Å²) in [6.45, 7) is 11.2. The number of aliphatic hydroxyl groups is 1. The highest BCUT2D eigenvalue weighted by Crippen LogP contribution is 2.23. The minimum atomic E-state index is -0.488. The number of piperazine rings is 1. The molecule has 1 aliphatic rings. The molecule has 0 amide bonds. The second-order valence-corrected chi connectivity index (χ2v) is 8.06. The van der Waals surface area contributed by atoms with Gasteiger partial charge in [0.25, 0.3) is 0 Å². The number of ether oxygens (including phenoxy) is 1. The maximum atomic E-state index is 13.1. The summed E-state index contributed by atoms with van der Waals surface area (Å²) in [5.74, 6) is 1.11. The number of aliphatic hydroxyl groups excluding tert-OH is 1. The molecule has 5 heteroatoms. The number of halogens is 1. The van der Waals surface area contributed by atoms with Gasteiger partial charge in [0.2, 0.25) is 0 Å². The van der Waals surface area contributed by atoms with Crippen molar-refractivity contribution < 1.29 is 19.1 Å². The SMILES string of the molecule is Cc1cc(OC[C@H](O)C[NH+]2CCN(c3ccc(F)cc3)CC2)ccc1C(C)C. The first kappa shape index (κ1) is 20.6. The summed E-state index contributed by atoms with van der Waals surface area (Å²) in [4.78, 5) is 3.64. The summed E-state index contributed by atoms with van der Waals surface area (Å²) < 4.78 is 18.9. The minimum absolute atomic E-state index is 0.204. The van der Waals surface area contributed by atoms with Crippen LogP contribution >= 0.6 is 0 Å². The molecule has 28 heavy (non-hydrogen) atoms. The fraction of sp³-hybridized carbons (Fsp3) is 0.478. The second kappa shape index (κ2) is 9.39. The molecule has 1 saturated heterocycles. The van der Waals surface area contributed by atoms with E-state index in [9.17, 15) is 9.50 Å². The van der Waals surface area contributed by atoms with Crippen molar-refractivity contribution in [1.82, 2.24) is 0 Å². The lowest BCUT2D eigenvalue weighted by molar-refractivity contribution is -0.903. The summed E-state index contributed by atoms with van der Waals surface area (Å²) in [6, 6.07) is 12.8. The lowest BCUT2D eigenvalue weighted by atomic mass is 9.98. The summed E-state index contributed by atoms with van der Waals surface area (Å²) in [5, 5.41) is 10.4. The van der Waals surface area contributed by atoms with Gasteiger partial charge in [0, 0.05) is 5.69 Å². The van der Waals surface area contributed by atoms with E-state index in [0.717, 1.165) is 37.6 Å². The van der Waals surface area contributed by atoms with Crippen molar-refractivity contribution in [3.63, 3.8) is 0 Å². The van der Waals surface area contributed by atoms with Gasteiger partial charge in [-0.2, -0.15) is 0 Å². The smallest absolute Gasteiger partial charge is 0.137 e. The Balaban J connectivity index is 1.43. The third-order valence-electron chi connectivity index (χ3n) is 5.49. The van der Waals surface area contributed by atoms with Crippen LogP contribution in [0.5, 0.6) is 5.75 Å². The fourth-order valence-electron chi connectivity index (χ4n) is 3.91. The van der Waals surface area contributed by atoms with E-state index < -0.39 is 6.10 Å². The van der Waals surface area contributed by atoms with Gasteiger partial charge < -0.3 is 19.6 Å². The normalized spacial score (nSPS) is 16.4. The maximum Gasteiger partial charge on any atom is 0.137 e. The molecule has 2 aromatic rings. The van der Waals surface area contributed by atoms with Crippen molar-refractivity contribution in [3.05, 3.63) is 59.4 Å². The van der Waals surface area contributed by atoms with Crippen LogP contribution in [0.3, 0.4) is 0 Å². The zero-order chi connectivity index (χ0) is 20.1. The quantitative estimate of drug-likeness (QED) is 0.766. The molecule has 0 radical (unpaired) electrons. The Kier molecular flexibility index (Phi) is 6.92. The standard InChI is InChI=1S/C23H31FN2O2/c1-17(2)23-9-8-22(14-18(23)3)28-16-21(27)15-25-10-12-26(13-11-25)20-6-4-19(24)5-7-20/h4-9,14,17,21,27H,10-13,15-16H2,1-3H3/p+1/t21-/m1/s1. The summed E-state index contributed by atoms with van der Waals surface area (Å²) >= 11 is 0. The molecule has 0 unspecified atom stereocenters. The third kappa shape index (κ3) is 5.46. The minimum Gasteiger partial charge on any atom is -0.491 e. The van der Waals surface area contributed by atoms with E-state index in [2.05, 4.69) is 37.8 Å². The van der Waals surface area contributed by atoms with Gasteiger partial charge in [-0.05, 0) is 60.4 Å². The van der Waals surface area contributed by atoms with Crippen LogP contribution in [0.4, 0.5) is 10.1 Å². The van der Waals surface area contributed by atoms with Crippen LogP contribution in [0.15, 0.2) is 42.5 Å². The van der Waals surface area contributed by atoms with Gasteiger partial charge in [-0.1, -0.05) is 19.9 Å². The zero-order valence-electron chi connectivity index (χ0n) is 17.1. The van der Waals surface area contributed by atoms with Gasteiger partial charge in [-0.3, -0.25) is 0 Å². The lowest BCUT2D eigenvalue weighted by Gasteiger charge is -2.34. The number of benzene rings is 2. The average Bonchev–Trinajstić information content (AvgIpc) is 2.67. The summed E-state index contributed by atoms with van der Waals surface area (Å²) in [7, 11) is 0. The number of rotatable bonds is 7. The molecular formula is C23H32FN2O2+. The average molecular weight is 388 g/mol. The van der Waals surface area contributed by atoms with E-state index in [0.29, 0.717) is 19.1 Å². The molecule has 1 heterocycles. The zero-order valence-corrected chi connectivity index (χ0v) is 17.1. The van der Waals surface area contributed by atoms with E-state index in [4.69, 9.17) is 4.74 Å². The van der Waals surface area contributed by atoms with Crippen LogP contribution in [-0.2, 0) is 0 Å². The van der Waals surface area contributed by atoms with Crippen LogP contribution < -0.4 is 14.5 Å². The van der Waals surface area contributed by atoms with E-state index in [1.54, 1.807) is 0 Å². The molecule has 3 rings (SSSR count). The Labute approximate surface area is 167 Å². The number of nitrogens with zero attached hydrogens (tertiary/aromatic N) is 1. The Morgan fingerprint density at radius 3 is 2.39 bits per heavy atom. The van der Waals surface area contributed by atoms with Crippen LogP contribution in [-0.4, -0.2) is 50.5 Å². The molecule has 152 valence electrons. The number of quaternary nitrogens is 1. The first-order valence-electron chi connectivity index (χ1n) is 10.2. The summed E-state index contributed by atoms with van der Waals surface area (Å²) in [6.07, 6.45) is -0.488. The second-order valence-electron chi connectivity index (χ2n) is 8.06. The van der Waals surface area contributed by atoms with Crippen molar-refractivity contribution in [2.45, 2.75) is 32.8 Å². The van der Waals surface area contributed by atoms with Gasteiger partial charge in [0.05, 0.1) is 26.2 Å². The molecule has 0 aromatic heterocycles. The van der Waals surface area contributed by atoms with E-state index in [1.165, 1.54) is 28.2 Å². The van der Waals surface area contributed by atoms with Crippen LogP contribution in [0, 0.1) is 12.7 Å². The van der Waals surface area contributed by atoms with E-state index in [-0.39, 0.29) is 5.82 Å². The number of anilines is 1. The fourth-order valence-corrected chi connectivity index (χ4v) is 3.91. The molecule has 1 atom stereocenters. The predicted molar refractivity (Wildman–Crippen MR) is 111 cm³/mol. The third-order valence-corrected chi connectivity index (χ3v) is 5.49. The molecule has 0 aliphatic carbocycles. The molecule has 1 aliphatic heterocycles. The van der Waals surface area contributed by atoms with Gasteiger partial charge >= 0.3 is 0 Å². The Bertz CT molecular complexity index is 756. The van der Waals surface area contributed by atoms with Gasteiger partial charge in [0.1, 0.15) is 30.8 Å². The largest absolute Gasteiger partial charge is 0.491 e. The van der Waals surface area contributed by atoms with Gasteiger partial charge in [0.15, 0.2) is 0 Å². The topological polar surface area (TPSA) is 37.1 Å². The Morgan fingerprint density at radius 1 is 1.11 bits per heavy atom. The van der Waals surface area contributed by atoms with Crippen LogP contribution in [0.25, 0.3) is 0 Å². The highest BCUT2D eigenvalue weighted by atomic mass is 19.1. The molecule has 0 saturated carbocycles. The first-order valence-corrected chi connectivity index (χ1v) is 10.2. The van der Waals surface area contributed by atoms with E-state index in [1.807, 2.05) is 18.2 Å². The van der Waals surface area contributed by atoms with Crippen molar-refractivity contribution in [1.29, 1.82) is 0 Å². The van der Waals surface area contributed by atoms with Gasteiger partial charge in [-0.15, -0.1) is 0 Å². The molecular weight excluding hydrogens is 355 g/mol. The van der Waals surface area contributed by atoms with Crippen molar-refractivity contribution in [2.75, 3.05) is 44.2 Å². The molecule has 1 fully saturated rings. The number of nitrogens with one attached hydrogen (secondary N) is 1. The summed E-state index contributed by atoms with van der Waals surface area (Å²) in [5.41, 5.74) is 3.62. The van der Waals surface area contributed by atoms with Crippen molar-refractivity contribution in [3.8, 4) is 5.75 Å². The van der Waals surface area contributed by atoms with E-state index >= 15 is 0 Å². The maximum absolute atomic E-state index is 13.1. The highest BCUT2D eigenvalue weighted by molar-refractivity contribution is 5.46. The van der Waals surface area contributed by atoms with Crippen LogP contribution in [0.2, 0.25) is 0 Å². The Morgan fingerprint density at radius 2 is 1.79 bits per heavy atom. The van der Waals surface area contributed by atoms with Crippen molar-refractivity contribution >= 4 is 5.69 Å². The number of hydrogen-bond acceptors (Lipinski definition) is 3. The molecule has 4 nitrogen and oxygen atoms in total. The highest BCUT2D eigenvalue weighted by Gasteiger charge is 2.23. The molecule has 0 spiro atoms. The van der Waals surface area contributed by atoms with Crippen molar-refractivity contribution in [2.24, 2.45) is 0 Å². The first-order chi connectivity index (χ1) is 13.4. The predicted octanol–water partition coefficient (Wildman–Crippen LogP) is 2.40. The van der Waals surface area contributed by atoms with Crippen LogP contribution in [0.1, 0.15) is 30.9 Å².